The first-order valence-corrected chi connectivity index (χ1v) is 9.26. The SMILES string of the molecule is CNS(=O)(=O)c1ccc(N2CCCN(c3cccnn3)CC2)nc1. The van der Waals surface area contributed by atoms with Crippen LogP contribution in [0.2, 0.25) is 0 Å². The zero-order chi connectivity index (χ0) is 17.0. The van der Waals surface area contributed by atoms with Gasteiger partial charge in [0.15, 0.2) is 5.82 Å². The van der Waals surface area contributed by atoms with Gasteiger partial charge in [-0.1, -0.05) is 0 Å². The van der Waals surface area contributed by atoms with Crippen molar-refractivity contribution in [1.82, 2.24) is 19.9 Å². The molecule has 2 aromatic heterocycles. The molecule has 0 aliphatic carbocycles. The van der Waals surface area contributed by atoms with E-state index in [4.69, 9.17) is 0 Å². The van der Waals surface area contributed by atoms with Crippen molar-refractivity contribution in [3.8, 4) is 0 Å². The number of hydrogen-bond acceptors (Lipinski definition) is 7. The smallest absolute Gasteiger partial charge is 0.241 e. The van der Waals surface area contributed by atoms with Crippen molar-refractivity contribution in [2.24, 2.45) is 0 Å². The lowest BCUT2D eigenvalue weighted by molar-refractivity contribution is 0.588. The van der Waals surface area contributed by atoms with Crippen molar-refractivity contribution < 1.29 is 8.42 Å². The molecule has 0 unspecified atom stereocenters. The van der Waals surface area contributed by atoms with Crippen molar-refractivity contribution in [2.45, 2.75) is 11.3 Å². The Labute approximate surface area is 141 Å². The Hall–Kier alpha value is -2.26. The first-order chi connectivity index (χ1) is 11.6. The first-order valence-electron chi connectivity index (χ1n) is 7.77. The fourth-order valence-corrected chi connectivity index (χ4v) is 3.35. The van der Waals surface area contributed by atoms with Crippen LogP contribution in [0.5, 0.6) is 0 Å². The Kier molecular flexibility index (Phi) is 4.91. The molecular formula is C15H20N6O2S. The van der Waals surface area contributed by atoms with E-state index < -0.39 is 10.0 Å². The molecule has 3 rings (SSSR count). The minimum atomic E-state index is -3.45. The third kappa shape index (κ3) is 3.62. The monoisotopic (exact) mass is 348 g/mol. The number of sulfonamides is 1. The minimum absolute atomic E-state index is 0.171. The van der Waals surface area contributed by atoms with Gasteiger partial charge in [0.25, 0.3) is 0 Å². The van der Waals surface area contributed by atoms with Crippen LogP contribution in [-0.4, -0.2) is 56.8 Å². The van der Waals surface area contributed by atoms with Gasteiger partial charge in [-0.2, -0.15) is 5.10 Å². The van der Waals surface area contributed by atoms with E-state index in [-0.39, 0.29) is 4.90 Å². The molecule has 9 heteroatoms. The van der Waals surface area contributed by atoms with Crippen LogP contribution in [0.1, 0.15) is 6.42 Å². The molecule has 0 atom stereocenters. The summed E-state index contributed by atoms with van der Waals surface area (Å²) >= 11 is 0. The predicted octanol–water partition coefficient (Wildman–Crippen LogP) is 0.496. The van der Waals surface area contributed by atoms with E-state index in [0.717, 1.165) is 44.2 Å². The number of aromatic nitrogens is 3. The van der Waals surface area contributed by atoms with Crippen LogP contribution in [0, 0.1) is 0 Å². The van der Waals surface area contributed by atoms with Crippen LogP contribution in [0.3, 0.4) is 0 Å². The Morgan fingerprint density at radius 1 is 1.04 bits per heavy atom. The van der Waals surface area contributed by atoms with Gasteiger partial charge in [0.2, 0.25) is 10.0 Å². The van der Waals surface area contributed by atoms with E-state index in [0.29, 0.717) is 0 Å². The van der Waals surface area contributed by atoms with Gasteiger partial charge in [0.1, 0.15) is 10.7 Å². The van der Waals surface area contributed by atoms with Crippen molar-refractivity contribution in [2.75, 3.05) is 43.0 Å². The minimum Gasteiger partial charge on any atom is -0.355 e. The third-order valence-corrected chi connectivity index (χ3v) is 5.40. The molecule has 0 spiro atoms. The Balaban J connectivity index is 1.70. The molecule has 0 bridgehead atoms. The summed E-state index contributed by atoms with van der Waals surface area (Å²) in [5.74, 6) is 1.66. The summed E-state index contributed by atoms with van der Waals surface area (Å²) in [4.78, 5) is 8.85. The van der Waals surface area contributed by atoms with Crippen LogP contribution in [-0.2, 0) is 10.0 Å². The van der Waals surface area contributed by atoms with Crippen molar-refractivity contribution >= 4 is 21.7 Å². The molecule has 3 heterocycles. The van der Waals surface area contributed by atoms with Crippen molar-refractivity contribution in [3.63, 3.8) is 0 Å². The maximum absolute atomic E-state index is 11.8. The molecule has 1 N–H and O–H groups in total. The second kappa shape index (κ2) is 7.10. The highest BCUT2D eigenvalue weighted by Gasteiger charge is 2.18. The summed E-state index contributed by atoms with van der Waals surface area (Å²) in [5, 5.41) is 8.09. The largest absolute Gasteiger partial charge is 0.355 e. The molecule has 24 heavy (non-hydrogen) atoms. The molecule has 1 aliphatic heterocycles. The fraction of sp³-hybridized carbons (Fsp3) is 0.400. The van der Waals surface area contributed by atoms with Crippen LogP contribution in [0.4, 0.5) is 11.6 Å². The molecule has 128 valence electrons. The highest BCUT2D eigenvalue weighted by atomic mass is 32.2. The van der Waals surface area contributed by atoms with Crippen molar-refractivity contribution in [1.29, 1.82) is 0 Å². The average Bonchev–Trinajstić information content (AvgIpc) is 2.89. The fourth-order valence-electron chi connectivity index (χ4n) is 2.67. The zero-order valence-electron chi connectivity index (χ0n) is 13.5. The third-order valence-electron chi connectivity index (χ3n) is 4.00. The van der Waals surface area contributed by atoms with E-state index in [2.05, 4.69) is 29.7 Å². The Morgan fingerprint density at radius 2 is 1.79 bits per heavy atom. The van der Waals surface area contributed by atoms with Crippen LogP contribution >= 0.6 is 0 Å². The molecule has 0 radical (unpaired) electrons. The first kappa shape index (κ1) is 16.6. The lowest BCUT2D eigenvalue weighted by Crippen LogP contribution is -2.31. The van der Waals surface area contributed by atoms with Gasteiger partial charge in [-0.3, -0.25) is 0 Å². The molecule has 2 aromatic rings. The number of anilines is 2. The number of hydrogen-bond donors (Lipinski definition) is 1. The van der Waals surface area contributed by atoms with Gasteiger partial charge in [0, 0.05) is 38.6 Å². The van der Waals surface area contributed by atoms with Gasteiger partial charge in [0.05, 0.1) is 0 Å². The van der Waals surface area contributed by atoms with Gasteiger partial charge in [-0.25, -0.2) is 18.1 Å². The Morgan fingerprint density at radius 3 is 2.38 bits per heavy atom. The Bertz CT molecular complexity index is 766. The normalized spacial score (nSPS) is 16.0. The predicted molar refractivity (Wildman–Crippen MR) is 91.6 cm³/mol. The van der Waals surface area contributed by atoms with E-state index >= 15 is 0 Å². The van der Waals surface area contributed by atoms with Crippen LogP contribution < -0.4 is 14.5 Å². The molecule has 0 aromatic carbocycles. The standard InChI is InChI=1S/C15H20N6O2S/c1-16-24(22,23)13-5-6-14(17-12-13)20-8-3-9-21(11-10-20)15-4-2-7-18-19-15/h2,4-7,12,16H,3,8-11H2,1H3. The zero-order valence-corrected chi connectivity index (χ0v) is 14.3. The number of nitrogens with one attached hydrogen (secondary N) is 1. The van der Waals surface area contributed by atoms with Gasteiger partial charge >= 0.3 is 0 Å². The molecule has 1 saturated heterocycles. The van der Waals surface area contributed by atoms with Crippen LogP contribution in [0.25, 0.3) is 0 Å². The summed E-state index contributed by atoms with van der Waals surface area (Å²) in [5.41, 5.74) is 0. The second-order valence-electron chi connectivity index (χ2n) is 5.47. The number of pyridine rings is 1. The summed E-state index contributed by atoms with van der Waals surface area (Å²) in [6.07, 6.45) is 4.03. The number of rotatable bonds is 4. The molecule has 8 nitrogen and oxygen atoms in total. The molecule has 0 saturated carbocycles. The second-order valence-corrected chi connectivity index (χ2v) is 7.36. The topological polar surface area (TPSA) is 91.3 Å². The van der Waals surface area contributed by atoms with Crippen LogP contribution in [0.15, 0.2) is 41.6 Å². The molecule has 1 fully saturated rings. The maximum atomic E-state index is 11.8. The summed E-state index contributed by atoms with van der Waals surface area (Å²) in [6, 6.07) is 7.17. The average molecular weight is 348 g/mol. The van der Waals surface area contributed by atoms with E-state index in [1.54, 1.807) is 18.3 Å². The quantitative estimate of drug-likeness (QED) is 0.860. The van der Waals surface area contributed by atoms with Gasteiger partial charge in [-0.05, 0) is 37.7 Å². The van der Waals surface area contributed by atoms with E-state index in [9.17, 15) is 8.42 Å². The summed E-state index contributed by atoms with van der Waals surface area (Å²) in [7, 11) is -2.06. The molecular weight excluding hydrogens is 328 g/mol. The van der Waals surface area contributed by atoms with Crippen molar-refractivity contribution in [3.05, 3.63) is 36.7 Å². The maximum Gasteiger partial charge on any atom is 0.241 e. The molecule has 0 amide bonds. The van der Waals surface area contributed by atoms with Gasteiger partial charge in [-0.15, -0.1) is 5.10 Å². The highest BCUT2D eigenvalue weighted by molar-refractivity contribution is 7.89. The summed E-state index contributed by atoms with van der Waals surface area (Å²) < 4.78 is 25.8. The van der Waals surface area contributed by atoms with E-state index in [1.807, 2.05) is 12.1 Å². The lowest BCUT2D eigenvalue weighted by Gasteiger charge is -2.23. The molecule has 1 aliphatic rings. The van der Waals surface area contributed by atoms with Gasteiger partial charge < -0.3 is 9.80 Å². The number of nitrogens with zero attached hydrogens (tertiary/aromatic N) is 5. The lowest BCUT2D eigenvalue weighted by atomic mass is 10.3. The highest BCUT2D eigenvalue weighted by Crippen LogP contribution is 2.18. The van der Waals surface area contributed by atoms with E-state index in [1.165, 1.54) is 13.2 Å². The summed E-state index contributed by atoms with van der Waals surface area (Å²) in [6.45, 7) is 3.38.